The fraction of sp³-hybridized carbons (Fsp3) is 0.609. The van der Waals surface area contributed by atoms with Crippen molar-refractivity contribution in [2.24, 2.45) is 5.92 Å². The van der Waals surface area contributed by atoms with Gasteiger partial charge < -0.3 is 14.6 Å². The largest absolute Gasteiger partial charge is 0.481 e. The predicted molar refractivity (Wildman–Crippen MR) is 108 cm³/mol. The molecule has 27 heavy (non-hydrogen) atoms. The number of ether oxygens (including phenoxy) is 2. The second kappa shape index (κ2) is 11.3. The molecule has 0 spiro atoms. The van der Waals surface area contributed by atoms with Crippen LogP contribution in [0, 0.1) is 5.92 Å². The number of allylic oxidation sites excluding steroid dienone is 2. The first kappa shape index (κ1) is 21.6. The number of carboxylic acid groups (broad SMARTS) is 1. The van der Waals surface area contributed by atoms with Gasteiger partial charge in [0.2, 0.25) is 0 Å². The van der Waals surface area contributed by atoms with Crippen molar-refractivity contribution in [1.82, 2.24) is 0 Å². The Kier molecular flexibility index (Phi) is 9.02. The first-order valence-corrected chi connectivity index (χ1v) is 10.3. The van der Waals surface area contributed by atoms with E-state index in [1.165, 1.54) is 5.56 Å². The normalized spacial score (nSPS) is 22.1. The minimum Gasteiger partial charge on any atom is -0.481 e. The summed E-state index contributed by atoms with van der Waals surface area (Å²) in [5.74, 6) is -0.930. The van der Waals surface area contributed by atoms with E-state index >= 15 is 0 Å². The maximum Gasteiger partial charge on any atom is 0.303 e. The van der Waals surface area contributed by atoms with E-state index in [0.717, 1.165) is 38.5 Å². The molecule has 2 rings (SSSR count). The van der Waals surface area contributed by atoms with E-state index in [-0.39, 0.29) is 18.4 Å². The Labute approximate surface area is 163 Å². The van der Waals surface area contributed by atoms with Crippen molar-refractivity contribution in [2.45, 2.75) is 77.1 Å². The smallest absolute Gasteiger partial charge is 0.303 e. The maximum atomic E-state index is 10.6. The van der Waals surface area contributed by atoms with Gasteiger partial charge in [0.1, 0.15) is 0 Å². The molecule has 1 heterocycles. The summed E-state index contributed by atoms with van der Waals surface area (Å²) in [5.41, 5.74) is 1.21. The summed E-state index contributed by atoms with van der Waals surface area (Å²) < 4.78 is 12.9. The third-order valence-corrected chi connectivity index (χ3v) is 5.09. The van der Waals surface area contributed by atoms with Crippen LogP contribution in [0.4, 0.5) is 0 Å². The van der Waals surface area contributed by atoms with Crippen LogP contribution < -0.4 is 0 Å². The summed E-state index contributed by atoms with van der Waals surface area (Å²) in [6.45, 7) is 5.04. The van der Waals surface area contributed by atoms with Crippen molar-refractivity contribution >= 4 is 5.97 Å². The highest BCUT2D eigenvalue weighted by Crippen LogP contribution is 2.42. The molecule has 2 atom stereocenters. The molecule has 1 aromatic rings. The maximum absolute atomic E-state index is 10.6. The lowest BCUT2D eigenvalue weighted by atomic mass is 9.90. The van der Waals surface area contributed by atoms with Crippen LogP contribution in [0.2, 0.25) is 0 Å². The topological polar surface area (TPSA) is 55.8 Å². The van der Waals surface area contributed by atoms with Gasteiger partial charge in [-0.1, -0.05) is 69.2 Å². The molecule has 0 radical (unpaired) electrons. The first-order valence-electron chi connectivity index (χ1n) is 10.3. The molecule has 0 bridgehead atoms. The second-order valence-electron chi connectivity index (χ2n) is 7.42. The van der Waals surface area contributed by atoms with Gasteiger partial charge in [0.25, 0.3) is 0 Å². The number of hydrogen-bond donors (Lipinski definition) is 1. The fourth-order valence-electron chi connectivity index (χ4n) is 3.79. The minimum absolute atomic E-state index is 0.0294. The van der Waals surface area contributed by atoms with Crippen LogP contribution in [0.1, 0.15) is 76.9 Å². The van der Waals surface area contributed by atoms with Gasteiger partial charge in [-0.05, 0) is 24.8 Å². The molecule has 1 N–H and O–H groups in total. The highest BCUT2D eigenvalue weighted by atomic mass is 16.7. The predicted octanol–water partition coefficient (Wildman–Crippen LogP) is 5.89. The van der Waals surface area contributed by atoms with Gasteiger partial charge in [-0.3, -0.25) is 4.79 Å². The van der Waals surface area contributed by atoms with E-state index in [4.69, 9.17) is 14.6 Å². The number of benzene rings is 1. The average molecular weight is 375 g/mol. The van der Waals surface area contributed by atoms with Crippen LogP contribution >= 0.6 is 0 Å². The molecule has 0 unspecified atom stereocenters. The Morgan fingerprint density at radius 2 is 1.89 bits per heavy atom. The monoisotopic (exact) mass is 374 g/mol. The summed E-state index contributed by atoms with van der Waals surface area (Å²) in [7, 11) is 0. The van der Waals surface area contributed by atoms with Gasteiger partial charge in [-0.15, -0.1) is 0 Å². The highest BCUT2D eigenvalue weighted by Gasteiger charge is 2.41. The van der Waals surface area contributed by atoms with Crippen LogP contribution in [0.25, 0.3) is 0 Å². The van der Waals surface area contributed by atoms with Crippen LogP contribution in [0.3, 0.4) is 0 Å². The van der Waals surface area contributed by atoms with Crippen molar-refractivity contribution in [3.8, 4) is 0 Å². The summed E-state index contributed by atoms with van der Waals surface area (Å²) in [4.78, 5) is 10.6. The van der Waals surface area contributed by atoms with Gasteiger partial charge in [-0.2, -0.15) is 0 Å². The van der Waals surface area contributed by atoms with Crippen molar-refractivity contribution in [3.63, 3.8) is 0 Å². The Morgan fingerprint density at radius 1 is 1.19 bits per heavy atom. The Hall–Kier alpha value is -1.65. The molecular formula is C23H34O4. The van der Waals surface area contributed by atoms with E-state index in [2.05, 4.69) is 50.3 Å². The molecule has 1 aliphatic rings. The lowest BCUT2D eigenvalue weighted by Crippen LogP contribution is -2.45. The van der Waals surface area contributed by atoms with Crippen LogP contribution in [-0.2, 0) is 14.3 Å². The third-order valence-electron chi connectivity index (χ3n) is 5.09. The third kappa shape index (κ3) is 6.78. The lowest BCUT2D eigenvalue weighted by molar-refractivity contribution is -0.320. The number of carbonyl (C=O) groups is 1. The summed E-state index contributed by atoms with van der Waals surface area (Å²) >= 11 is 0. The van der Waals surface area contributed by atoms with E-state index in [9.17, 15) is 4.79 Å². The van der Waals surface area contributed by atoms with Crippen molar-refractivity contribution in [3.05, 3.63) is 48.0 Å². The molecule has 4 heteroatoms. The van der Waals surface area contributed by atoms with Gasteiger partial charge >= 0.3 is 5.97 Å². The Bertz CT molecular complexity index is 575. The Balaban J connectivity index is 2.05. The zero-order valence-corrected chi connectivity index (χ0v) is 16.7. The van der Waals surface area contributed by atoms with Gasteiger partial charge in [-0.25, -0.2) is 0 Å². The van der Waals surface area contributed by atoms with Crippen LogP contribution in [-0.4, -0.2) is 23.5 Å². The van der Waals surface area contributed by atoms with E-state index in [1.807, 2.05) is 6.07 Å². The molecule has 0 saturated carbocycles. The molecule has 150 valence electrons. The van der Waals surface area contributed by atoms with Crippen molar-refractivity contribution in [1.29, 1.82) is 0 Å². The second-order valence-corrected chi connectivity index (χ2v) is 7.42. The summed E-state index contributed by atoms with van der Waals surface area (Å²) in [5, 5.41) is 8.71. The lowest BCUT2D eigenvalue weighted by Gasteiger charge is -2.45. The van der Waals surface area contributed by atoms with Gasteiger partial charge in [0.15, 0.2) is 5.79 Å². The summed E-state index contributed by atoms with van der Waals surface area (Å²) in [6, 6.07) is 10.4. The SMILES string of the molecule is CCCC1(CCC)OC[C@@H](CC=CCCCC(=O)O)[C@@H](c2ccccc2)O1. The molecular weight excluding hydrogens is 340 g/mol. The van der Waals surface area contributed by atoms with Gasteiger partial charge in [0, 0.05) is 25.2 Å². The van der Waals surface area contributed by atoms with Crippen molar-refractivity contribution < 1.29 is 19.4 Å². The quantitative estimate of drug-likeness (QED) is 0.388. The van der Waals surface area contributed by atoms with Gasteiger partial charge in [0.05, 0.1) is 12.7 Å². The molecule has 1 aromatic carbocycles. The van der Waals surface area contributed by atoms with E-state index in [0.29, 0.717) is 13.0 Å². The highest BCUT2D eigenvalue weighted by molar-refractivity contribution is 5.66. The number of hydrogen-bond acceptors (Lipinski definition) is 3. The number of aliphatic carboxylic acids is 1. The number of carboxylic acids is 1. The minimum atomic E-state index is -0.732. The molecule has 1 aliphatic heterocycles. The first-order chi connectivity index (χ1) is 13.1. The number of unbranched alkanes of at least 4 members (excludes halogenated alkanes) is 1. The van der Waals surface area contributed by atoms with Crippen LogP contribution in [0.15, 0.2) is 42.5 Å². The molecule has 0 aromatic heterocycles. The molecule has 1 fully saturated rings. The zero-order chi connectivity index (χ0) is 19.5. The standard InChI is InChI=1S/C23H34O4/c1-3-16-23(17-4-2)26-18-20(14-8-5-6-11-15-21(24)25)22(27-23)19-12-9-7-10-13-19/h5,7-10,12-13,20,22H,3-4,6,11,14-18H2,1-2H3,(H,24,25)/t20-,22-/m1/s1. The van der Waals surface area contributed by atoms with Crippen molar-refractivity contribution in [2.75, 3.05) is 6.61 Å². The van der Waals surface area contributed by atoms with E-state index < -0.39 is 11.8 Å². The molecule has 1 saturated heterocycles. The zero-order valence-electron chi connectivity index (χ0n) is 16.7. The Morgan fingerprint density at radius 3 is 2.52 bits per heavy atom. The average Bonchev–Trinajstić information content (AvgIpc) is 2.66. The number of rotatable bonds is 11. The van der Waals surface area contributed by atoms with E-state index in [1.54, 1.807) is 0 Å². The van der Waals surface area contributed by atoms with Crippen LogP contribution in [0.5, 0.6) is 0 Å². The fourth-order valence-corrected chi connectivity index (χ4v) is 3.79. The summed E-state index contributed by atoms with van der Waals surface area (Å²) in [6.07, 6.45) is 10.8. The molecule has 4 nitrogen and oxygen atoms in total. The molecule has 0 aliphatic carbocycles. The molecule has 0 amide bonds.